The summed E-state index contributed by atoms with van der Waals surface area (Å²) < 4.78 is 1.91. The zero-order valence-electron chi connectivity index (χ0n) is 12.8. The van der Waals surface area contributed by atoms with Crippen LogP contribution in [0.25, 0.3) is 5.95 Å². The molecule has 1 aliphatic rings. The fraction of sp³-hybridized carbons (Fsp3) is 0.571. The van der Waals surface area contributed by atoms with Crippen molar-refractivity contribution in [3.8, 4) is 5.95 Å². The molecule has 0 saturated carbocycles. The summed E-state index contributed by atoms with van der Waals surface area (Å²) >= 11 is 0. The van der Waals surface area contributed by atoms with Crippen molar-refractivity contribution in [3.05, 3.63) is 17.7 Å². The van der Waals surface area contributed by atoms with E-state index in [-0.39, 0.29) is 0 Å². The van der Waals surface area contributed by atoms with Crippen LogP contribution in [-0.4, -0.2) is 44.6 Å². The molecule has 0 aliphatic carbocycles. The largest absolute Gasteiger partial charge is 0.357 e. The first-order chi connectivity index (χ1) is 10.2. The van der Waals surface area contributed by atoms with Gasteiger partial charge in [-0.2, -0.15) is 15.0 Å². The van der Waals surface area contributed by atoms with Crippen molar-refractivity contribution in [2.75, 3.05) is 30.4 Å². The molecule has 1 fully saturated rings. The second-order valence-electron chi connectivity index (χ2n) is 5.34. The Hall–Kier alpha value is -2.18. The number of rotatable bonds is 3. The molecule has 1 N–H and O–H groups in total. The molecule has 21 heavy (non-hydrogen) atoms. The summed E-state index contributed by atoms with van der Waals surface area (Å²) in [7, 11) is 1.82. The Kier molecular flexibility index (Phi) is 3.72. The van der Waals surface area contributed by atoms with Gasteiger partial charge < -0.3 is 10.2 Å². The van der Waals surface area contributed by atoms with Gasteiger partial charge in [0.05, 0.1) is 5.69 Å². The van der Waals surface area contributed by atoms with Crippen molar-refractivity contribution in [2.45, 2.75) is 33.1 Å². The fourth-order valence-corrected chi connectivity index (χ4v) is 2.51. The molecule has 2 aromatic rings. The average molecular weight is 287 g/mol. The maximum absolute atomic E-state index is 4.64. The third-order valence-corrected chi connectivity index (χ3v) is 3.94. The molecule has 0 atom stereocenters. The van der Waals surface area contributed by atoms with Gasteiger partial charge in [-0.3, -0.25) is 4.57 Å². The predicted molar refractivity (Wildman–Crippen MR) is 82.0 cm³/mol. The summed E-state index contributed by atoms with van der Waals surface area (Å²) in [5.41, 5.74) is 2.04. The van der Waals surface area contributed by atoms with Crippen LogP contribution < -0.4 is 10.2 Å². The Morgan fingerprint density at radius 1 is 1.00 bits per heavy atom. The molecular formula is C14H21N7. The highest BCUT2D eigenvalue weighted by Gasteiger charge is 2.17. The van der Waals surface area contributed by atoms with Gasteiger partial charge in [-0.15, -0.1) is 0 Å². The van der Waals surface area contributed by atoms with Crippen LogP contribution in [0.3, 0.4) is 0 Å². The van der Waals surface area contributed by atoms with E-state index in [1.807, 2.05) is 25.5 Å². The minimum absolute atomic E-state index is 0.589. The van der Waals surface area contributed by atoms with Crippen LogP contribution >= 0.6 is 0 Å². The standard InChI is InChI=1S/C14H21N7/c1-10-11(2)21(9-16-10)14-18-12(15-3)17-13(19-14)20-7-5-4-6-8-20/h9H,4-8H2,1-3H3,(H,15,17,18,19). The summed E-state index contributed by atoms with van der Waals surface area (Å²) in [4.78, 5) is 20.1. The van der Waals surface area contributed by atoms with Crippen molar-refractivity contribution in [3.63, 3.8) is 0 Å². The lowest BCUT2D eigenvalue weighted by Crippen LogP contribution is -2.31. The highest BCUT2D eigenvalue weighted by atomic mass is 15.3. The minimum Gasteiger partial charge on any atom is -0.357 e. The maximum atomic E-state index is 4.64. The van der Waals surface area contributed by atoms with E-state index in [0.29, 0.717) is 11.9 Å². The highest BCUT2D eigenvalue weighted by Crippen LogP contribution is 2.19. The molecule has 0 aromatic carbocycles. The van der Waals surface area contributed by atoms with E-state index in [4.69, 9.17) is 0 Å². The Morgan fingerprint density at radius 2 is 1.71 bits per heavy atom. The van der Waals surface area contributed by atoms with E-state index in [0.717, 1.165) is 30.4 Å². The summed E-state index contributed by atoms with van der Waals surface area (Å²) in [5, 5.41) is 3.02. The summed E-state index contributed by atoms with van der Waals surface area (Å²) in [6, 6.07) is 0. The molecular weight excluding hydrogens is 266 g/mol. The number of hydrogen-bond acceptors (Lipinski definition) is 6. The van der Waals surface area contributed by atoms with Crippen molar-refractivity contribution < 1.29 is 0 Å². The number of nitrogens with zero attached hydrogens (tertiary/aromatic N) is 6. The Balaban J connectivity index is 2.02. The predicted octanol–water partition coefficient (Wildman–Crippen LogP) is 1.71. The van der Waals surface area contributed by atoms with Gasteiger partial charge in [0, 0.05) is 25.8 Å². The van der Waals surface area contributed by atoms with E-state index in [9.17, 15) is 0 Å². The monoisotopic (exact) mass is 287 g/mol. The average Bonchev–Trinajstić information content (AvgIpc) is 2.87. The quantitative estimate of drug-likeness (QED) is 0.926. The number of anilines is 2. The second-order valence-corrected chi connectivity index (χ2v) is 5.34. The van der Waals surface area contributed by atoms with Gasteiger partial charge in [0.1, 0.15) is 6.33 Å². The lowest BCUT2D eigenvalue weighted by molar-refractivity contribution is 0.567. The van der Waals surface area contributed by atoms with E-state index in [1.54, 1.807) is 6.33 Å². The van der Waals surface area contributed by atoms with E-state index in [2.05, 4.69) is 30.2 Å². The van der Waals surface area contributed by atoms with Gasteiger partial charge >= 0.3 is 0 Å². The summed E-state index contributed by atoms with van der Waals surface area (Å²) in [5.74, 6) is 1.95. The molecule has 0 amide bonds. The van der Waals surface area contributed by atoms with Crippen LogP contribution in [-0.2, 0) is 0 Å². The zero-order chi connectivity index (χ0) is 14.8. The molecule has 0 bridgehead atoms. The first kappa shape index (κ1) is 13.8. The van der Waals surface area contributed by atoms with Gasteiger partial charge in [0.15, 0.2) is 0 Å². The smallest absolute Gasteiger partial charge is 0.241 e. The molecule has 0 spiro atoms. The topological polar surface area (TPSA) is 71.8 Å². The molecule has 112 valence electrons. The van der Waals surface area contributed by atoms with Gasteiger partial charge in [0.2, 0.25) is 17.8 Å². The van der Waals surface area contributed by atoms with Crippen molar-refractivity contribution in [1.82, 2.24) is 24.5 Å². The highest BCUT2D eigenvalue weighted by molar-refractivity contribution is 5.40. The number of aromatic nitrogens is 5. The zero-order valence-corrected chi connectivity index (χ0v) is 12.8. The molecule has 0 unspecified atom stereocenters. The van der Waals surface area contributed by atoms with E-state index in [1.165, 1.54) is 19.3 Å². The van der Waals surface area contributed by atoms with Crippen molar-refractivity contribution >= 4 is 11.9 Å². The number of imidazole rings is 1. The molecule has 1 aliphatic heterocycles. The number of hydrogen-bond donors (Lipinski definition) is 1. The van der Waals surface area contributed by atoms with Gasteiger partial charge in [-0.05, 0) is 33.1 Å². The Bertz CT molecular complexity index is 628. The molecule has 0 radical (unpaired) electrons. The van der Waals surface area contributed by atoms with E-state index >= 15 is 0 Å². The summed E-state index contributed by atoms with van der Waals surface area (Å²) in [6.07, 6.45) is 5.44. The minimum atomic E-state index is 0.589. The van der Waals surface area contributed by atoms with E-state index < -0.39 is 0 Å². The SMILES string of the molecule is CNc1nc(N2CCCCC2)nc(-n2cnc(C)c2C)n1. The van der Waals surface area contributed by atoms with Gasteiger partial charge in [-0.25, -0.2) is 4.98 Å². The molecule has 3 rings (SSSR count). The molecule has 3 heterocycles. The molecule has 7 nitrogen and oxygen atoms in total. The number of aryl methyl sites for hydroxylation is 1. The lowest BCUT2D eigenvalue weighted by Gasteiger charge is -2.26. The normalized spacial score (nSPS) is 15.3. The Labute approximate surface area is 124 Å². The first-order valence-electron chi connectivity index (χ1n) is 7.38. The van der Waals surface area contributed by atoms with Gasteiger partial charge in [-0.1, -0.05) is 0 Å². The molecule has 2 aromatic heterocycles. The molecule has 7 heteroatoms. The molecule has 1 saturated heterocycles. The van der Waals surface area contributed by atoms with Crippen LogP contribution in [0, 0.1) is 13.8 Å². The summed E-state index contributed by atoms with van der Waals surface area (Å²) in [6.45, 7) is 6.02. The lowest BCUT2D eigenvalue weighted by atomic mass is 10.1. The van der Waals surface area contributed by atoms with Crippen LogP contribution in [0.5, 0.6) is 0 Å². The fourth-order valence-electron chi connectivity index (χ4n) is 2.51. The first-order valence-corrected chi connectivity index (χ1v) is 7.38. The van der Waals surface area contributed by atoms with Crippen molar-refractivity contribution in [1.29, 1.82) is 0 Å². The number of piperidine rings is 1. The second kappa shape index (κ2) is 5.67. The van der Waals surface area contributed by atoms with Gasteiger partial charge in [0.25, 0.3) is 0 Å². The van der Waals surface area contributed by atoms with Crippen LogP contribution in [0.1, 0.15) is 30.7 Å². The Morgan fingerprint density at radius 3 is 2.33 bits per heavy atom. The van der Waals surface area contributed by atoms with Crippen LogP contribution in [0.4, 0.5) is 11.9 Å². The maximum Gasteiger partial charge on any atom is 0.241 e. The van der Waals surface area contributed by atoms with Crippen LogP contribution in [0.15, 0.2) is 6.33 Å². The van der Waals surface area contributed by atoms with Crippen molar-refractivity contribution in [2.24, 2.45) is 0 Å². The third-order valence-electron chi connectivity index (χ3n) is 3.94. The third kappa shape index (κ3) is 2.68. The number of nitrogens with one attached hydrogen (secondary N) is 1. The van der Waals surface area contributed by atoms with Crippen LogP contribution in [0.2, 0.25) is 0 Å².